The molecule has 0 amide bonds. The van der Waals surface area contributed by atoms with Crippen LogP contribution in [0.2, 0.25) is 0 Å². The van der Waals surface area contributed by atoms with Crippen LogP contribution in [0.5, 0.6) is 0 Å². The van der Waals surface area contributed by atoms with Gasteiger partial charge in [-0.05, 0) is 0 Å². The first-order valence-corrected chi connectivity index (χ1v) is 1.32. The van der Waals surface area contributed by atoms with Crippen molar-refractivity contribution in [3.63, 3.8) is 0 Å². The van der Waals surface area contributed by atoms with Crippen molar-refractivity contribution in [2.75, 3.05) is 0 Å². The summed E-state index contributed by atoms with van der Waals surface area (Å²) in [6.45, 7) is 0. The molecule has 1 aromatic rings. The molecule has 0 spiro atoms. The number of nitrogens with zero attached hydrogens (tertiary/aromatic N) is 1. The summed E-state index contributed by atoms with van der Waals surface area (Å²) in [5.74, 6) is 0. The third-order valence-corrected chi connectivity index (χ3v) is 0.347. The lowest BCUT2D eigenvalue weighted by atomic mass is 11.0. The van der Waals surface area contributed by atoms with E-state index in [1.807, 2.05) is 0 Å². The van der Waals surface area contributed by atoms with Gasteiger partial charge in [0, 0.05) is 32.9 Å². The maximum Gasteiger partial charge on any atom is 0.180 e. The Balaban J connectivity index is -0.0000000833. The highest BCUT2D eigenvalue weighted by atomic mass is 28.1. The number of oxazole rings is 1. The zero-order valence-corrected chi connectivity index (χ0v) is 7.09. The Morgan fingerprint density at radius 1 is 1.12 bits per heavy atom. The second kappa shape index (κ2) is 9.97. The summed E-state index contributed by atoms with van der Waals surface area (Å²) in [5, 5.41) is 0. The molecule has 0 atom stereocenters. The number of hydrogen-bond donors (Lipinski definition) is 0. The van der Waals surface area contributed by atoms with Crippen LogP contribution in [0.1, 0.15) is 0 Å². The smallest absolute Gasteiger partial charge is 0.180 e. The molecule has 0 fully saturated rings. The van der Waals surface area contributed by atoms with E-state index < -0.39 is 0 Å². The van der Waals surface area contributed by atoms with Crippen molar-refractivity contribution in [3.05, 3.63) is 18.9 Å². The zero-order valence-electron chi connectivity index (χ0n) is 4.09. The summed E-state index contributed by atoms with van der Waals surface area (Å²) < 4.78 is 4.47. The maximum absolute atomic E-state index is 4.47. The predicted octanol–water partition coefficient (Wildman–Crippen LogP) is -0.468. The van der Waals surface area contributed by atoms with Crippen LogP contribution >= 0.6 is 0 Å². The molecule has 0 bridgehead atoms. The molecule has 8 heavy (non-hydrogen) atoms. The molecular formula is C3H3NOSi3. The van der Waals surface area contributed by atoms with Crippen LogP contribution in [0.3, 0.4) is 0 Å². The summed E-state index contributed by atoms with van der Waals surface area (Å²) in [4.78, 5) is 3.56. The van der Waals surface area contributed by atoms with Gasteiger partial charge in [-0.15, -0.1) is 0 Å². The van der Waals surface area contributed by atoms with E-state index in [0.29, 0.717) is 0 Å². The van der Waals surface area contributed by atoms with Crippen LogP contribution in [0.25, 0.3) is 0 Å². The fourth-order valence-electron chi connectivity index (χ4n) is 0.176. The van der Waals surface area contributed by atoms with Crippen LogP contribution in [0.4, 0.5) is 0 Å². The van der Waals surface area contributed by atoms with E-state index in [1.54, 1.807) is 6.20 Å². The Bertz CT molecular complexity index is 71.0. The summed E-state index contributed by atoms with van der Waals surface area (Å²) in [5.41, 5.74) is 0. The van der Waals surface area contributed by atoms with Gasteiger partial charge in [0.25, 0.3) is 0 Å². The Hall–Kier alpha value is -0.139. The van der Waals surface area contributed by atoms with Crippen LogP contribution < -0.4 is 0 Å². The SMILES string of the molecule is [Si].[Si].[Si].c1cocn1. The molecule has 0 saturated heterocycles. The summed E-state index contributed by atoms with van der Waals surface area (Å²) in [7, 11) is 0. The van der Waals surface area contributed by atoms with Crippen molar-refractivity contribution in [1.82, 2.24) is 4.98 Å². The fraction of sp³-hybridized carbons (Fsp3) is 0. The molecule has 1 aromatic heterocycles. The minimum atomic E-state index is 0. The average molecular weight is 153 g/mol. The molecule has 0 N–H and O–H groups in total. The highest BCUT2D eigenvalue weighted by molar-refractivity contribution is 5.76. The molecule has 0 saturated carbocycles. The van der Waals surface area contributed by atoms with Gasteiger partial charge in [0.05, 0.1) is 6.20 Å². The quantitative estimate of drug-likeness (QED) is 0.471. The summed E-state index contributed by atoms with van der Waals surface area (Å²) in [6, 6.07) is 0. The zero-order chi connectivity index (χ0) is 3.54. The normalized spacial score (nSPS) is 5.00. The molecule has 0 aliphatic heterocycles. The third kappa shape index (κ3) is 5.86. The second-order valence-corrected chi connectivity index (χ2v) is 0.676. The van der Waals surface area contributed by atoms with Gasteiger partial charge >= 0.3 is 0 Å². The van der Waals surface area contributed by atoms with Crippen LogP contribution in [0, 0.1) is 0 Å². The van der Waals surface area contributed by atoms with Crippen LogP contribution in [-0.2, 0) is 0 Å². The van der Waals surface area contributed by atoms with Crippen molar-refractivity contribution in [1.29, 1.82) is 0 Å². The maximum atomic E-state index is 4.47. The first-order valence-electron chi connectivity index (χ1n) is 1.32. The standard InChI is InChI=1S/C3H3NO.3Si/c1-2-5-3-4-1;;;/h1-3H;;;. The molecular weight excluding hydrogens is 150 g/mol. The van der Waals surface area contributed by atoms with Gasteiger partial charge in [0.15, 0.2) is 6.39 Å². The monoisotopic (exact) mass is 153 g/mol. The van der Waals surface area contributed by atoms with Crippen molar-refractivity contribution in [2.45, 2.75) is 0 Å². The molecule has 0 aromatic carbocycles. The topological polar surface area (TPSA) is 26.0 Å². The van der Waals surface area contributed by atoms with Gasteiger partial charge in [-0.25, -0.2) is 4.98 Å². The van der Waals surface area contributed by atoms with Crippen LogP contribution in [0.15, 0.2) is 23.3 Å². The summed E-state index contributed by atoms with van der Waals surface area (Å²) in [6.07, 6.45) is 4.47. The largest absolute Gasteiger partial charge is 0.452 e. The first kappa shape index (κ1) is 15.7. The number of aromatic nitrogens is 1. The molecule has 0 unspecified atom stereocenters. The Labute approximate surface area is 61.8 Å². The van der Waals surface area contributed by atoms with Crippen LogP contribution in [-0.4, -0.2) is 37.9 Å². The molecule has 0 aliphatic carbocycles. The van der Waals surface area contributed by atoms with Gasteiger partial charge in [0.1, 0.15) is 6.26 Å². The van der Waals surface area contributed by atoms with E-state index in [0.717, 1.165) is 0 Å². The molecule has 5 heteroatoms. The lowest BCUT2D eigenvalue weighted by Gasteiger charge is -1.47. The number of rotatable bonds is 0. The van der Waals surface area contributed by atoms with Gasteiger partial charge in [0.2, 0.25) is 0 Å². The van der Waals surface area contributed by atoms with Gasteiger partial charge in [-0.1, -0.05) is 0 Å². The lowest BCUT2D eigenvalue weighted by Crippen LogP contribution is -1.38. The molecule has 1 heterocycles. The number of hydrogen-bond acceptors (Lipinski definition) is 2. The molecule has 1 rings (SSSR count). The van der Waals surface area contributed by atoms with E-state index in [1.165, 1.54) is 12.7 Å². The predicted molar refractivity (Wildman–Crippen MR) is 33.8 cm³/mol. The molecule has 2 nitrogen and oxygen atoms in total. The average Bonchev–Trinajstić information content (AvgIpc) is 1.76. The Kier molecular flexibility index (Phi) is 19.5. The van der Waals surface area contributed by atoms with E-state index in [2.05, 4.69) is 9.40 Å². The van der Waals surface area contributed by atoms with Crippen molar-refractivity contribution >= 4 is 32.9 Å². The van der Waals surface area contributed by atoms with Crippen molar-refractivity contribution in [2.24, 2.45) is 0 Å². The van der Waals surface area contributed by atoms with E-state index in [4.69, 9.17) is 0 Å². The minimum Gasteiger partial charge on any atom is -0.452 e. The van der Waals surface area contributed by atoms with Gasteiger partial charge < -0.3 is 4.42 Å². The molecule has 38 valence electrons. The van der Waals surface area contributed by atoms with E-state index in [9.17, 15) is 0 Å². The third-order valence-electron chi connectivity index (χ3n) is 0.347. The first-order chi connectivity index (χ1) is 2.50. The highest BCUT2D eigenvalue weighted by Gasteiger charge is 1.59. The fourth-order valence-corrected chi connectivity index (χ4v) is 0.176. The van der Waals surface area contributed by atoms with Crippen molar-refractivity contribution in [3.8, 4) is 0 Å². The highest BCUT2D eigenvalue weighted by Crippen LogP contribution is 1.72. The minimum absolute atomic E-state index is 0. The Morgan fingerprint density at radius 3 is 1.88 bits per heavy atom. The summed E-state index contributed by atoms with van der Waals surface area (Å²) >= 11 is 0. The van der Waals surface area contributed by atoms with Gasteiger partial charge in [-0.2, -0.15) is 0 Å². The van der Waals surface area contributed by atoms with E-state index >= 15 is 0 Å². The Morgan fingerprint density at radius 2 is 1.75 bits per heavy atom. The molecule has 12 radical (unpaired) electrons. The molecule has 0 aliphatic rings. The second-order valence-electron chi connectivity index (χ2n) is 0.676. The van der Waals surface area contributed by atoms with Crippen molar-refractivity contribution < 1.29 is 4.42 Å². The lowest BCUT2D eigenvalue weighted by molar-refractivity contribution is 0.558. The van der Waals surface area contributed by atoms with Gasteiger partial charge in [-0.3, -0.25) is 0 Å². The van der Waals surface area contributed by atoms with E-state index in [-0.39, 0.29) is 32.9 Å².